The summed E-state index contributed by atoms with van der Waals surface area (Å²) in [5.41, 5.74) is -1.31. The Labute approximate surface area is 86.5 Å². The molecule has 0 aliphatic carbocycles. The third-order valence-corrected chi connectivity index (χ3v) is 3.35. The van der Waals surface area contributed by atoms with Gasteiger partial charge in [-0.2, -0.15) is 0 Å². The van der Waals surface area contributed by atoms with Crippen molar-refractivity contribution in [3.8, 4) is 0 Å². The maximum Gasteiger partial charge on any atom is 0.0632 e. The van der Waals surface area contributed by atoms with Crippen LogP contribution in [0.5, 0.6) is 0 Å². The van der Waals surface area contributed by atoms with Crippen LogP contribution in [0.25, 0.3) is 0 Å². The number of piperidine rings is 1. The lowest BCUT2D eigenvalue weighted by molar-refractivity contribution is -0.0478. The van der Waals surface area contributed by atoms with Gasteiger partial charge in [0, 0.05) is 13.1 Å². The van der Waals surface area contributed by atoms with Crippen LogP contribution in [0.1, 0.15) is 34.1 Å². The van der Waals surface area contributed by atoms with Crippen molar-refractivity contribution >= 4 is 0 Å². The Morgan fingerprint density at radius 1 is 0.929 bits per heavy atom. The Morgan fingerprint density at radius 2 is 1.29 bits per heavy atom. The molecule has 3 N–H and O–H groups in total. The van der Waals surface area contributed by atoms with Crippen molar-refractivity contribution in [1.82, 2.24) is 5.32 Å². The van der Waals surface area contributed by atoms with Gasteiger partial charge in [0.2, 0.25) is 0 Å². The minimum absolute atomic E-state index is 0.229. The monoisotopic (exact) mass is 201 g/mol. The lowest BCUT2D eigenvalue weighted by Gasteiger charge is -2.41. The van der Waals surface area contributed by atoms with Crippen LogP contribution in [0.3, 0.4) is 0 Å². The van der Waals surface area contributed by atoms with Gasteiger partial charge in [0.15, 0.2) is 0 Å². The summed E-state index contributed by atoms with van der Waals surface area (Å²) in [6.45, 7) is 9.04. The van der Waals surface area contributed by atoms with E-state index >= 15 is 0 Å². The average Bonchev–Trinajstić information content (AvgIpc) is 2.01. The van der Waals surface area contributed by atoms with Gasteiger partial charge < -0.3 is 15.5 Å². The lowest BCUT2D eigenvalue weighted by atomic mass is 9.75. The zero-order valence-corrected chi connectivity index (χ0v) is 9.67. The number of hydrogen-bond acceptors (Lipinski definition) is 3. The molecule has 3 nitrogen and oxygen atoms in total. The second-order valence-corrected chi connectivity index (χ2v) is 5.60. The maximum absolute atomic E-state index is 9.90. The molecule has 3 heteroatoms. The van der Waals surface area contributed by atoms with Crippen molar-refractivity contribution in [2.24, 2.45) is 11.8 Å². The zero-order valence-electron chi connectivity index (χ0n) is 9.67. The quantitative estimate of drug-likeness (QED) is 0.618. The van der Waals surface area contributed by atoms with Crippen molar-refractivity contribution in [2.45, 2.75) is 45.3 Å². The summed E-state index contributed by atoms with van der Waals surface area (Å²) in [6, 6.07) is 0. The molecule has 1 aliphatic rings. The van der Waals surface area contributed by atoms with E-state index in [1.165, 1.54) is 0 Å². The fourth-order valence-corrected chi connectivity index (χ4v) is 2.02. The highest BCUT2D eigenvalue weighted by molar-refractivity contribution is 4.91. The molecule has 0 spiro atoms. The van der Waals surface area contributed by atoms with E-state index in [-0.39, 0.29) is 11.8 Å². The van der Waals surface area contributed by atoms with E-state index in [1.54, 1.807) is 0 Å². The first-order valence-corrected chi connectivity index (χ1v) is 5.36. The summed E-state index contributed by atoms with van der Waals surface area (Å²) in [5, 5.41) is 23.1. The maximum atomic E-state index is 9.90. The molecule has 1 heterocycles. The molecule has 1 saturated heterocycles. The predicted octanol–water partition coefficient (Wildman–Crippen LogP) is 0.754. The Hall–Kier alpha value is -0.120. The number of rotatable bonds is 2. The molecule has 84 valence electrons. The Bertz CT molecular complexity index is 170. The van der Waals surface area contributed by atoms with Gasteiger partial charge in [0.05, 0.1) is 11.2 Å². The van der Waals surface area contributed by atoms with Gasteiger partial charge in [-0.3, -0.25) is 0 Å². The minimum Gasteiger partial charge on any atom is -0.390 e. The summed E-state index contributed by atoms with van der Waals surface area (Å²) in [6.07, 6.45) is 0.889. The largest absolute Gasteiger partial charge is 0.390 e. The van der Waals surface area contributed by atoms with Crippen LogP contribution in [0.2, 0.25) is 0 Å². The van der Waals surface area contributed by atoms with E-state index in [0.29, 0.717) is 0 Å². The summed E-state index contributed by atoms with van der Waals surface area (Å²) >= 11 is 0. The summed E-state index contributed by atoms with van der Waals surface area (Å²) in [4.78, 5) is 0. The third-order valence-electron chi connectivity index (χ3n) is 3.35. The normalized spacial score (nSPS) is 30.4. The smallest absolute Gasteiger partial charge is 0.0632 e. The molecular weight excluding hydrogens is 178 g/mol. The molecule has 1 rings (SSSR count). The first-order chi connectivity index (χ1) is 6.21. The van der Waals surface area contributed by atoms with E-state index in [4.69, 9.17) is 0 Å². The number of nitrogens with one attached hydrogen (secondary N) is 1. The molecule has 0 amide bonds. The molecular formula is C11H23NO2. The van der Waals surface area contributed by atoms with Crippen molar-refractivity contribution in [3.05, 3.63) is 0 Å². The van der Waals surface area contributed by atoms with Crippen LogP contribution < -0.4 is 5.32 Å². The minimum atomic E-state index is -0.656. The van der Waals surface area contributed by atoms with Crippen molar-refractivity contribution in [3.63, 3.8) is 0 Å². The summed E-state index contributed by atoms with van der Waals surface area (Å²) in [7, 11) is 0. The average molecular weight is 201 g/mol. The fraction of sp³-hybridized carbons (Fsp3) is 1.00. The number of hydrogen-bond donors (Lipinski definition) is 3. The Balaban J connectivity index is 2.61. The molecule has 14 heavy (non-hydrogen) atoms. The SMILES string of the molecule is CC(C)(O)C1CNCC(C(C)(C)O)C1. The number of aliphatic hydroxyl groups is 2. The van der Waals surface area contributed by atoms with E-state index in [1.807, 2.05) is 27.7 Å². The first kappa shape index (κ1) is 12.0. The molecule has 1 fully saturated rings. The van der Waals surface area contributed by atoms with E-state index in [2.05, 4.69) is 5.32 Å². The van der Waals surface area contributed by atoms with Gasteiger partial charge in [-0.05, 0) is 46.0 Å². The summed E-state index contributed by atoms with van der Waals surface area (Å²) in [5.74, 6) is 0.459. The molecule has 0 bridgehead atoms. The predicted molar refractivity (Wildman–Crippen MR) is 57.1 cm³/mol. The van der Waals surface area contributed by atoms with Crippen molar-refractivity contribution in [2.75, 3.05) is 13.1 Å². The van der Waals surface area contributed by atoms with Gasteiger partial charge in [-0.1, -0.05) is 0 Å². The van der Waals surface area contributed by atoms with Gasteiger partial charge in [-0.15, -0.1) is 0 Å². The van der Waals surface area contributed by atoms with Crippen LogP contribution in [0.15, 0.2) is 0 Å². The van der Waals surface area contributed by atoms with Gasteiger partial charge in [0.25, 0.3) is 0 Å². The van der Waals surface area contributed by atoms with Gasteiger partial charge >= 0.3 is 0 Å². The van der Waals surface area contributed by atoms with Crippen LogP contribution in [-0.4, -0.2) is 34.5 Å². The second kappa shape index (κ2) is 3.80. The summed E-state index contributed by atoms with van der Waals surface area (Å²) < 4.78 is 0. The van der Waals surface area contributed by atoms with Crippen molar-refractivity contribution in [1.29, 1.82) is 0 Å². The molecule has 2 atom stereocenters. The Morgan fingerprint density at radius 3 is 1.57 bits per heavy atom. The van der Waals surface area contributed by atoms with Crippen molar-refractivity contribution < 1.29 is 10.2 Å². The first-order valence-electron chi connectivity index (χ1n) is 5.36. The standard InChI is InChI=1S/C11H23NO2/c1-10(2,13)8-5-9(7-12-6-8)11(3,4)14/h8-9,12-14H,5-7H2,1-4H3. The van der Waals surface area contributed by atoms with Gasteiger partial charge in [-0.25, -0.2) is 0 Å². The highest BCUT2D eigenvalue weighted by Gasteiger charge is 2.37. The lowest BCUT2D eigenvalue weighted by Crippen LogP contribution is -2.51. The molecule has 0 saturated carbocycles. The molecule has 0 radical (unpaired) electrons. The van der Waals surface area contributed by atoms with Crippen LogP contribution in [0, 0.1) is 11.8 Å². The Kier molecular flexibility index (Phi) is 3.24. The second-order valence-electron chi connectivity index (χ2n) is 5.60. The van der Waals surface area contributed by atoms with Crippen LogP contribution in [-0.2, 0) is 0 Å². The fourth-order valence-electron chi connectivity index (χ4n) is 2.02. The highest BCUT2D eigenvalue weighted by atomic mass is 16.3. The van der Waals surface area contributed by atoms with E-state index in [0.717, 1.165) is 19.5 Å². The molecule has 1 aliphatic heterocycles. The van der Waals surface area contributed by atoms with Gasteiger partial charge in [0.1, 0.15) is 0 Å². The van der Waals surface area contributed by atoms with E-state index in [9.17, 15) is 10.2 Å². The molecule has 0 aromatic rings. The topological polar surface area (TPSA) is 52.5 Å². The molecule has 0 aromatic carbocycles. The molecule has 2 unspecified atom stereocenters. The third kappa shape index (κ3) is 2.94. The van der Waals surface area contributed by atoms with Crippen LogP contribution >= 0.6 is 0 Å². The molecule has 0 aromatic heterocycles. The van der Waals surface area contributed by atoms with E-state index < -0.39 is 11.2 Å². The van der Waals surface area contributed by atoms with Crippen LogP contribution in [0.4, 0.5) is 0 Å². The zero-order chi connectivity index (χ0) is 11.0. The highest BCUT2D eigenvalue weighted by Crippen LogP contribution is 2.31.